The molecule has 0 aromatic heterocycles. The summed E-state index contributed by atoms with van der Waals surface area (Å²) in [4.78, 5) is 15.6. The van der Waals surface area contributed by atoms with Crippen molar-refractivity contribution in [3.8, 4) is 0 Å². The Morgan fingerprint density at radius 2 is 1.53 bits per heavy atom. The molecule has 0 N–H and O–H groups in total. The van der Waals surface area contributed by atoms with Crippen LogP contribution >= 0.6 is 0 Å². The second kappa shape index (κ2) is 7.70. The van der Waals surface area contributed by atoms with Crippen LogP contribution in [0.1, 0.15) is 47.5 Å². The van der Waals surface area contributed by atoms with E-state index < -0.39 is 0 Å². The lowest BCUT2D eigenvalue weighted by atomic mass is 9.86. The molecule has 1 spiro atoms. The fraction of sp³-hybridized carbons (Fsp3) is 0.929. The van der Waals surface area contributed by atoms with E-state index in [-0.39, 0.29) is 5.91 Å². The smallest absolute Gasteiger partial charge is 0.219 e. The van der Waals surface area contributed by atoms with Gasteiger partial charge in [-0.05, 0) is 26.4 Å². The van der Waals surface area contributed by atoms with Gasteiger partial charge < -0.3 is 9.80 Å². The largest absolute Gasteiger partial charge is 0.342 e. The molecule has 1 atom stereocenters. The summed E-state index contributed by atoms with van der Waals surface area (Å²) in [6.07, 6.45) is 2.48. The van der Waals surface area contributed by atoms with Crippen LogP contribution in [-0.2, 0) is 4.79 Å². The molecular weight excluding hydrogens is 212 g/mol. The molecule has 2 fully saturated rings. The average molecular weight is 242 g/mol. The molecule has 102 valence electrons. The summed E-state index contributed by atoms with van der Waals surface area (Å²) in [5, 5.41) is 0. The van der Waals surface area contributed by atoms with Crippen molar-refractivity contribution < 1.29 is 4.79 Å². The van der Waals surface area contributed by atoms with Crippen LogP contribution in [0.3, 0.4) is 0 Å². The molecule has 2 rings (SSSR count). The van der Waals surface area contributed by atoms with Crippen LogP contribution in [0.2, 0.25) is 0 Å². The van der Waals surface area contributed by atoms with Crippen molar-refractivity contribution in [1.29, 1.82) is 0 Å². The molecule has 2 saturated heterocycles. The zero-order chi connectivity index (χ0) is 13.5. The van der Waals surface area contributed by atoms with E-state index in [1.807, 2.05) is 32.6 Å². The SMILES string of the molecule is CC.CC.CC(=O)N1CCC2(CCN(C)C2)C1. The third-order valence-electron chi connectivity index (χ3n) is 3.51. The van der Waals surface area contributed by atoms with E-state index in [1.54, 1.807) is 6.92 Å². The van der Waals surface area contributed by atoms with Crippen LogP contribution in [0.4, 0.5) is 0 Å². The summed E-state index contributed by atoms with van der Waals surface area (Å²) >= 11 is 0. The Hall–Kier alpha value is -0.570. The lowest BCUT2D eigenvalue weighted by Gasteiger charge is -2.23. The van der Waals surface area contributed by atoms with Gasteiger partial charge >= 0.3 is 0 Å². The van der Waals surface area contributed by atoms with Gasteiger partial charge in [-0.25, -0.2) is 0 Å². The van der Waals surface area contributed by atoms with Gasteiger partial charge in [0.05, 0.1) is 0 Å². The minimum atomic E-state index is 0.242. The highest BCUT2D eigenvalue weighted by atomic mass is 16.2. The van der Waals surface area contributed by atoms with Crippen LogP contribution in [0, 0.1) is 5.41 Å². The van der Waals surface area contributed by atoms with E-state index in [1.165, 1.54) is 25.9 Å². The second-order valence-electron chi connectivity index (χ2n) is 4.68. The van der Waals surface area contributed by atoms with Crippen LogP contribution < -0.4 is 0 Å². The standard InChI is InChI=1S/C10H18N2O.2C2H6/c1-9(13)12-6-4-10(8-12)3-5-11(2)7-10;2*1-2/h3-8H2,1-2H3;2*1-2H3. The summed E-state index contributed by atoms with van der Waals surface area (Å²) in [6.45, 7) is 14.0. The highest BCUT2D eigenvalue weighted by Crippen LogP contribution is 2.38. The molecule has 1 unspecified atom stereocenters. The van der Waals surface area contributed by atoms with E-state index in [2.05, 4.69) is 11.9 Å². The average Bonchev–Trinajstić information content (AvgIpc) is 2.92. The molecule has 0 radical (unpaired) electrons. The van der Waals surface area contributed by atoms with Gasteiger partial charge in [0.25, 0.3) is 0 Å². The number of carbonyl (C=O) groups excluding carboxylic acids is 1. The minimum absolute atomic E-state index is 0.242. The Labute approximate surface area is 107 Å². The molecule has 3 heteroatoms. The Balaban J connectivity index is 0.000000581. The summed E-state index contributed by atoms with van der Waals surface area (Å²) in [5.41, 5.74) is 0.445. The van der Waals surface area contributed by atoms with Crippen molar-refractivity contribution in [2.45, 2.75) is 47.5 Å². The van der Waals surface area contributed by atoms with Gasteiger partial charge in [-0.1, -0.05) is 27.7 Å². The number of nitrogens with zero attached hydrogens (tertiary/aromatic N) is 2. The van der Waals surface area contributed by atoms with Gasteiger partial charge in [-0.15, -0.1) is 0 Å². The number of likely N-dealkylation sites (tertiary alicyclic amines) is 2. The van der Waals surface area contributed by atoms with E-state index in [9.17, 15) is 4.79 Å². The van der Waals surface area contributed by atoms with Gasteiger partial charge in [0.1, 0.15) is 0 Å². The number of carbonyl (C=O) groups is 1. The van der Waals surface area contributed by atoms with Crippen LogP contribution in [0.25, 0.3) is 0 Å². The van der Waals surface area contributed by atoms with Crippen molar-refractivity contribution in [2.75, 3.05) is 33.2 Å². The normalized spacial score (nSPS) is 27.3. The predicted molar refractivity (Wildman–Crippen MR) is 74.1 cm³/mol. The highest BCUT2D eigenvalue weighted by Gasteiger charge is 2.42. The lowest BCUT2D eigenvalue weighted by molar-refractivity contribution is -0.128. The number of rotatable bonds is 0. The maximum atomic E-state index is 11.2. The van der Waals surface area contributed by atoms with E-state index in [0.717, 1.165) is 13.1 Å². The van der Waals surface area contributed by atoms with Crippen LogP contribution in [0.15, 0.2) is 0 Å². The van der Waals surface area contributed by atoms with Crippen molar-refractivity contribution >= 4 is 5.91 Å². The molecule has 2 heterocycles. The zero-order valence-corrected chi connectivity index (χ0v) is 12.5. The van der Waals surface area contributed by atoms with Crippen molar-refractivity contribution in [2.24, 2.45) is 5.41 Å². The first-order chi connectivity index (χ1) is 8.11. The molecule has 2 aliphatic heterocycles. The number of hydrogen-bond donors (Lipinski definition) is 0. The number of amides is 1. The fourth-order valence-corrected chi connectivity index (χ4v) is 2.70. The quantitative estimate of drug-likeness (QED) is 0.652. The monoisotopic (exact) mass is 242 g/mol. The van der Waals surface area contributed by atoms with Crippen LogP contribution in [0.5, 0.6) is 0 Å². The third-order valence-corrected chi connectivity index (χ3v) is 3.51. The van der Waals surface area contributed by atoms with Crippen LogP contribution in [-0.4, -0.2) is 48.9 Å². The molecular formula is C14H30N2O. The molecule has 0 aliphatic carbocycles. The summed E-state index contributed by atoms with van der Waals surface area (Å²) < 4.78 is 0. The fourth-order valence-electron chi connectivity index (χ4n) is 2.70. The first-order valence-electron chi connectivity index (χ1n) is 7.05. The topological polar surface area (TPSA) is 23.6 Å². The van der Waals surface area contributed by atoms with Crippen molar-refractivity contribution in [3.05, 3.63) is 0 Å². The summed E-state index contributed by atoms with van der Waals surface area (Å²) in [7, 11) is 2.17. The maximum Gasteiger partial charge on any atom is 0.219 e. The zero-order valence-electron chi connectivity index (χ0n) is 12.5. The molecule has 0 bridgehead atoms. The van der Waals surface area contributed by atoms with Gasteiger partial charge in [0.2, 0.25) is 5.91 Å². The van der Waals surface area contributed by atoms with Crippen molar-refractivity contribution in [1.82, 2.24) is 9.80 Å². The van der Waals surface area contributed by atoms with Gasteiger partial charge in [0, 0.05) is 32.0 Å². The molecule has 0 aromatic carbocycles. The highest BCUT2D eigenvalue weighted by molar-refractivity contribution is 5.73. The minimum Gasteiger partial charge on any atom is -0.342 e. The molecule has 0 saturated carbocycles. The summed E-state index contributed by atoms with van der Waals surface area (Å²) in [6, 6.07) is 0. The van der Waals surface area contributed by atoms with Gasteiger partial charge in [0.15, 0.2) is 0 Å². The maximum absolute atomic E-state index is 11.2. The third kappa shape index (κ3) is 4.30. The van der Waals surface area contributed by atoms with Crippen molar-refractivity contribution in [3.63, 3.8) is 0 Å². The molecule has 1 amide bonds. The first-order valence-corrected chi connectivity index (χ1v) is 7.05. The van der Waals surface area contributed by atoms with E-state index in [4.69, 9.17) is 0 Å². The number of hydrogen-bond acceptors (Lipinski definition) is 2. The predicted octanol–water partition coefficient (Wildman–Crippen LogP) is 2.61. The van der Waals surface area contributed by atoms with E-state index in [0.29, 0.717) is 5.41 Å². The van der Waals surface area contributed by atoms with E-state index >= 15 is 0 Å². The Kier molecular flexibility index (Phi) is 7.44. The Morgan fingerprint density at radius 1 is 1.00 bits per heavy atom. The Bertz CT molecular complexity index is 230. The summed E-state index contributed by atoms with van der Waals surface area (Å²) in [5.74, 6) is 0.242. The molecule has 3 nitrogen and oxygen atoms in total. The Morgan fingerprint density at radius 3 is 1.88 bits per heavy atom. The second-order valence-corrected chi connectivity index (χ2v) is 4.68. The molecule has 17 heavy (non-hydrogen) atoms. The van der Waals surface area contributed by atoms with Gasteiger partial charge in [-0.3, -0.25) is 4.79 Å². The lowest BCUT2D eigenvalue weighted by Crippen LogP contribution is -2.32. The van der Waals surface area contributed by atoms with Gasteiger partial charge in [-0.2, -0.15) is 0 Å². The molecule has 2 aliphatic rings. The molecule has 0 aromatic rings. The first kappa shape index (κ1) is 16.4.